The highest BCUT2D eigenvalue weighted by Gasteiger charge is 2.20. The summed E-state index contributed by atoms with van der Waals surface area (Å²) in [5.74, 6) is 0. The maximum atomic E-state index is 9.27. The van der Waals surface area contributed by atoms with E-state index in [2.05, 4.69) is 43.1 Å². The van der Waals surface area contributed by atoms with Crippen LogP contribution in [0.1, 0.15) is 31.7 Å². The predicted molar refractivity (Wildman–Crippen MR) is 78.0 cm³/mol. The van der Waals surface area contributed by atoms with Crippen molar-refractivity contribution in [3.8, 4) is 0 Å². The lowest BCUT2D eigenvalue weighted by Crippen LogP contribution is -2.43. The molecule has 1 unspecified atom stereocenters. The summed E-state index contributed by atoms with van der Waals surface area (Å²) in [7, 11) is 2.10. The minimum Gasteiger partial charge on any atom is -0.394 e. The predicted octanol–water partition coefficient (Wildman–Crippen LogP) is 2.31. The number of aliphatic hydroxyl groups excluding tert-OH is 1. The van der Waals surface area contributed by atoms with Gasteiger partial charge in [-0.2, -0.15) is 0 Å². The molecule has 0 aromatic heterocycles. The van der Waals surface area contributed by atoms with E-state index in [1.807, 2.05) is 6.92 Å². The number of rotatable bonds is 7. The second-order valence-electron chi connectivity index (χ2n) is 5.24. The molecule has 0 saturated heterocycles. The number of hydrogen-bond acceptors (Lipinski definition) is 3. The minimum absolute atomic E-state index is 0.0671. The van der Waals surface area contributed by atoms with Crippen molar-refractivity contribution in [1.82, 2.24) is 0 Å². The zero-order chi connectivity index (χ0) is 13.6. The van der Waals surface area contributed by atoms with Crippen LogP contribution in [-0.2, 0) is 0 Å². The fourth-order valence-corrected chi connectivity index (χ4v) is 2.03. The Morgan fingerprint density at radius 3 is 2.67 bits per heavy atom. The lowest BCUT2D eigenvalue weighted by Gasteiger charge is -2.27. The van der Waals surface area contributed by atoms with Crippen molar-refractivity contribution >= 4 is 5.69 Å². The quantitative estimate of drug-likeness (QED) is 0.781. The van der Waals surface area contributed by atoms with Gasteiger partial charge in [-0.05, 0) is 43.9 Å². The molecule has 0 aliphatic rings. The highest BCUT2D eigenvalue weighted by Crippen LogP contribution is 2.17. The number of hydrogen-bond donors (Lipinski definition) is 2. The Morgan fingerprint density at radius 1 is 1.39 bits per heavy atom. The maximum absolute atomic E-state index is 9.27. The molecule has 0 spiro atoms. The zero-order valence-electron chi connectivity index (χ0n) is 11.8. The van der Waals surface area contributed by atoms with Gasteiger partial charge in [-0.25, -0.2) is 0 Å². The fourth-order valence-electron chi connectivity index (χ4n) is 2.03. The Hall–Kier alpha value is -1.06. The van der Waals surface area contributed by atoms with Crippen LogP contribution < -0.4 is 10.6 Å². The second kappa shape index (κ2) is 6.76. The summed E-state index contributed by atoms with van der Waals surface area (Å²) in [5.41, 5.74) is 8.18. The van der Waals surface area contributed by atoms with E-state index in [1.165, 1.54) is 11.3 Å². The summed E-state index contributed by atoms with van der Waals surface area (Å²) < 4.78 is 0. The highest BCUT2D eigenvalue weighted by atomic mass is 16.3. The Kier molecular flexibility index (Phi) is 5.63. The molecule has 102 valence electrons. The van der Waals surface area contributed by atoms with E-state index in [0.717, 1.165) is 25.8 Å². The van der Waals surface area contributed by atoms with Gasteiger partial charge in [0.25, 0.3) is 0 Å². The lowest BCUT2D eigenvalue weighted by molar-refractivity contribution is 0.181. The van der Waals surface area contributed by atoms with Crippen molar-refractivity contribution in [1.29, 1.82) is 0 Å². The SMILES string of the molecule is CCC(N)(CO)CCCN(C)c1cccc(C)c1. The topological polar surface area (TPSA) is 49.5 Å². The molecule has 0 bridgehead atoms. The molecule has 0 amide bonds. The molecule has 3 N–H and O–H groups in total. The van der Waals surface area contributed by atoms with Crippen LogP contribution in [0, 0.1) is 6.92 Å². The molecule has 1 atom stereocenters. The number of anilines is 1. The molecule has 0 fully saturated rings. The van der Waals surface area contributed by atoms with Gasteiger partial charge in [-0.3, -0.25) is 0 Å². The first-order valence-corrected chi connectivity index (χ1v) is 6.68. The molecule has 0 aliphatic carbocycles. The molecule has 1 rings (SSSR count). The van der Waals surface area contributed by atoms with E-state index in [0.29, 0.717) is 0 Å². The first kappa shape index (κ1) is 15.0. The molecule has 3 nitrogen and oxygen atoms in total. The van der Waals surface area contributed by atoms with Crippen molar-refractivity contribution in [2.45, 2.75) is 38.6 Å². The number of aliphatic hydroxyl groups is 1. The first-order valence-electron chi connectivity index (χ1n) is 6.68. The summed E-state index contributed by atoms with van der Waals surface area (Å²) in [6.07, 6.45) is 2.67. The van der Waals surface area contributed by atoms with Gasteiger partial charge in [0.1, 0.15) is 0 Å². The van der Waals surface area contributed by atoms with Gasteiger partial charge in [-0.15, -0.1) is 0 Å². The molecule has 0 heterocycles. The Balaban J connectivity index is 2.44. The van der Waals surface area contributed by atoms with E-state index in [4.69, 9.17) is 5.73 Å². The molecular weight excluding hydrogens is 224 g/mol. The van der Waals surface area contributed by atoms with Crippen LogP contribution in [-0.4, -0.2) is 30.8 Å². The minimum atomic E-state index is -0.409. The summed E-state index contributed by atoms with van der Waals surface area (Å²) in [6, 6.07) is 8.48. The van der Waals surface area contributed by atoms with Gasteiger partial charge < -0.3 is 15.7 Å². The van der Waals surface area contributed by atoms with E-state index >= 15 is 0 Å². The number of nitrogens with zero attached hydrogens (tertiary/aromatic N) is 1. The van der Waals surface area contributed by atoms with Crippen molar-refractivity contribution in [3.05, 3.63) is 29.8 Å². The second-order valence-corrected chi connectivity index (χ2v) is 5.24. The van der Waals surface area contributed by atoms with E-state index in [1.54, 1.807) is 0 Å². The average Bonchev–Trinajstić information content (AvgIpc) is 2.38. The molecule has 3 heteroatoms. The van der Waals surface area contributed by atoms with Crippen LogP contribution in [0.15, 0.2) is 24.3 Å². The number of aryl methyl sites for hydroxylation is 1. The summed E-state index contributed by atoms with van der Waals surface area (Å²) >= 11 is 0. The van der Waals surface area contributed by atoms with E-state index < -0.39 is 5.54 Å². The van der Waals surface area contributed by atoms with Gasteiger partial charge in [0, 0.05) is 24.8 Å². The monoisotopic (exact) mass is 250 g/mol. The summed E-state index contributed by atoms with van der Waals surface area (Å²) in [6.45, 7) is 5.16. The normalized spacial score (nSPS) is 14.3. The van der Waals surface area contributed by atoms with Crippen molar-refractivity contribution in [2.75, 3.05) is 25.1 Å². The lowest BCUT2D eigenvalue weighted by atomic mass is 9.92. The van der Waals surface area contributed by atoms with Crippen molar-refractivity contribution in [3.63, 3.8) is 0 Å². The van der Waals surface area contributed by atoms with Gasteiger partial charge in [0.15, 0.2) is 0 Å². The van der Waals surface area contributed by atoms with Crippen LogP contribution in [0.3, 0.4) is 0 Å². The smallest absolute Gasteiger partial charge is 0.0611 e. The van der Waals surface area contributed by atoms with Crippen LogP contribution in [0.2, 0.25) is 0 Å². The summed E-state index contributed by atoms with van der Waals surface area (Å²) in [5, 5.41) is 9.27. The van der Waals surface area contributed by atoms with Crippen LogP contribution in [0.25, 0.3) is 0 Å². The molecular formula is C15H26N2O. The molecule has 1 aromatic rings. The van der Waals surface area contributed by atoms with Crippen LogP contribution >= 0.6 is 0 Å². The van der Waals surface area contributed by atoms with Gasteiger partial charge in [0.2, 0.25) is 0 Å². The maximum Gasteiger partial charge on any atom is 0.0611 e. The van der Waals surface area contributed by atoms with Crippen molar-refractivity contribution in [2.24, 2.45) is 5.73 Å². The zero-order valence-corrected chi connectivity index (χ0v) is 11.8. The molecule has 18 heavy (non-hydrogen) atoms. The molecule has 0 radical (unpaired) electrons. The fraction of sp³-hybridized carbons (Fsp3) is 0.600. The Labute approximate surface area is 111 Å². The molecule has 1 aromatic carbocycles. The van der Waals surface area contributed by atoms with Crippen LogP contribution in [0.5, 0.6) is 0 Å². The van der Waals surface area contributed by atoms with Gasteiger partial charge in [0.05, 0.1) is 6.61 Å². The Morgan fingerprint density at radius 2 is 2.11 bits per heavy atom. The number of benzene rings is 1. The number of nitrogens with two attached hydrogens (primary N) is 1. The van der Waals surface area contributed by atoms with Gasteiger partial charge >= 0.3 is 0 Å². The third-order valence-electron chi connectivity index (χ3n) is 3.63. The highest BCUT2D eigenvalue weighted by molar-refractivity contribution is 5.47. The average molecular weight is 250 g/mol. The van der Waals surface area contributed by atoms with Crippen LogP contribution in [0.4, 0.5) is 5.69 Å². The third kappa shape index (κ3) is 4.31. The van der Waals surface area contributed by atoms with E-state index in [-0.39, 0.29) is 6.61 Å². The van der Waals surface area contributed by atoms with E-state index in [9.17, 15) is 5.11 Å². The standard InChI is InChI=1S/C15H26N2O/c1-4-15(16,12-18)9-6-10-17(3)14-8-5-7-13(2)11-14/h5,7-8,11,18H,4,6,9-10,12,16H2,1-3H3. The largest absolute Gasteiger partial charge is 0.394 e. The van der Waals surface area contributed by atoms with Gasteiger partial charge in [-0.1, -0.05) is 19.1 Å². The van der Waals surface area contributed by atoms with Crippen molar-refractivity contribution < 1.29 is 5.11 Å². The first-order chi connectivity index (χ1) is 8.50. The summed E-state index contributed by atoms with van der Waals surface area (Å²) in [4.78, 5) is 2.24. The third-order valence-corrected chi connectivity index (χ3v) is 3.63. The molecule has 0 saturated carbocycles. The Bertz CT molecular complexity index is 361. The molecule has 0 aliphatic heterocycles.